The van der Waals surface area contributed by atoms with E-state index < -0.39 is 0 Å². The monoisotopic (exact) mass is 226 g/mol. The number of hydrogen-bond donors (Lipinski definition) is 1. The summed E-state index contributed by atoms with van der Waals surface area (Å²) in [5.74, 6) is 0. The van der Waals surface area contributed by atoms with Crippen molar-refractivity contribution in [1.29, 1.82) is 0 Å². The molecule has 4 heteroatoms. The Kier molecular flexibility index (Phi) is 4.60. The SMILES string of the molecule is O/N=C1\CCCCCC[C@H]1N1CCOCC1. The van der Waals surface area contributed by atoms with Crippen molar-refractivity contribution in [3.05, 3.63) is 0 Å². The van der Waals surface area contributed by atoms with Crippen molar-refractivity contribution in [3.8, 4) is 0 Å². The lowest BCUT2D eigenvalue weighted by Gasteiger charge is -2.35. The average molecular weight is 226 g/mol. The highest BCUT2D eigenvalue weighted by Crippen LogP contribution is 2.20. The average Bonchev–Trinajstić information content (AvgIpc) is 2.30. The minimum atomic E-state index is 0.356. The first-order valence-corrected chi connectivity index (χ1v) is 6.44. The largest absolute Gasteiger partial charge is 0.411 e. The Balaban J connectivity index is 2.00. The van der Waals surface area contributed by atoms with Crippen LogP contribution in [0.2, 0.25) is 0 Å². The van der Waals surface area contributed by atoms with Gasteiger partial charge in [-0.15, -0.1) is 0 Å². The van der Waals surface area contributed by atoms with Gasteiger partial charge in [-0.2, -0.15) is 0 Å². The summed E-state index contributed by atoms with van der Waals surface area (Å²) in [5.41, 5.74) is 0.988. The van der Waals surface area contributed by atoms with Gasteiger partial charge in [0, 0.05) is 13.1 Å². The van der Waals surface area contributed by atoms with Crippen molar-refractivity contribution < 1.29 is 9.94 Å². The fraction of sp³-hybridized carbons (Fsp3) is 0.917. The normalized spacial score (nSPS) is 32.2. The maximum Gasteiger partial charge on any atom is 0.0742 e. The Bertz CT molecular complexity index is 237. The first kappa shape index (κ1) is 11.9. The number of nitrogens with zero attached hydrogens (tertiary/aromatic N) is 2. The van der Waals surface area contributed by atoms with E-state index in [4.69, 9.17) is 9.94 Å². The second kappa shape index (κ2) is 6.21. The maximum atomic E-state index is 9.14. The van der Waals surface area contributed by atoms with Crippen LogP contribution in [0.15, 0.2) is 5.16 Å². The highest BCUT2D eigenvalue weighted by Gasteiger charge is 2.26. The number of hydrogen-bond acceptors (Lipinski definition) is 4. The van der Waals surface area contributed by atoms with Gasteiger partial charge in [-0.05, 0) is 19.3 Å². The summed E-state index contributed by atoms with van der Waals surface area (Å²) in [6.45, 7) is 3.58. The molecule has 1 saturated heterocycles. The zero-order chi connectivity index (χ0) is 11.2. The van der Waals surface area contributed by atoms with Crippen LogP contribution in [0.3, 0.4) is 0 Å². The number of morpholine rings is 1. The van der Waals surface area contributed by atoms with Crippen LogP contribution in [0.1, 0.15) is 38.5 Å². The van der Waals surface area contributed by atoms with Crippen molar-refractivity contribution in [2.75, 3.05) is 26.3 Å². The van der Waals surface area contributed by atoms with E-state index in [1.165, 1.54) is 25.7 Å². The molecule has 4 nitrogen and oxygen atoms in total. The molecule has 1 atom stereocenters. The van der Waals surface area contributed by atoms with Gasteiger partial charge in [0.25, 0.3) is 0 Å². The molecule has 0 unspecified atom stereocenters. The van der Waals surface area contributed by atoms with E-state index in [0.29, 0.717) is 6.04 Å². The van der Waals surface area contributed by atoms with Crippen LogP contribution >= 0.6 is 0 Å². The fourth-order valence-electron chi connectivity index (χ4n) is 2.73. The molecule has 16 heavy (non-hydrogen) atoms. The van der Waals surface area contributed by atoms with Crippen LogP contribution < -0.4 is 0 Å². The molecule has 0 aromatic carbocycles. The number of rotatable bonds is 1. The van der Waals surface area contributed by atoms with Crippen LogP contribution in [0, 0.1) is 0 Å². The van der Waals surface area contributed by atoms with Gasteiger partial charge < -0.3 is 9.94 Å². The fourth-order valence-corrected chi connectivity index (χ4v) is 2.73. The maximum absolute atomic E-state index is 9.14. The topological polar surface area (TPSA) is 45.1 Å². The molecule has 0 bridgehead atoms. The molecule has 1 saturated carbocycles. The molecule has 0 aromatic rings. The molecule has 0 radical (unpaired) electrons. The van der Waals surface area contributed by atoms with Crippen molar-refractivity contribution in [3.63, 3.8) is 0 Å². The van der Waals surface area contributed by atoms with E-state index in [1.807, 2.05) is 0 Å². The Morgan fingerprint density at radius 1 is 1.12 bits per heavy atom. The molecule has 0 aromatic heterocycles. The van der Waals surface area contributed by atoms with E-state index >= 15 is 0 Å². The molecule has 0 spiro atoms. The molecule has 1 aliphatic heterocycles. The molecule has 1 aliphatic carbocycles. The van der Waals surface area contributed by atoms with Crippen molar-refractivity contribution in [2.24, 2.45) is 5.16 Å². The third kappa shape index (κ3) is 2.95. The van der Waals surface area contributed by atoms with Gasteiger partial charge in [-0.25, -0.2) is 0 Å². The van der Waals surface area contributed by atoms with Crippen molar-refractivity contribution >= 4 is 5.71 Å². The van der Waals surface area contributed by atoms with E-state index in [9.17, 15) is 0 Å². The van der Waals surface area contributed by atoms with Crippen LogP contribution in [0.4, 0.5) is 0 Å². The summed E-state index contributed by atoms with van der Waals surface area (Å²) < 4.78 is 5.37. The summed E-state index contributed by atoms with van der Waals surface area (Å²) in [7, 11) is 0. The van der Waals surface area contributed by atoms with E-state index in [2.05, 4.69) is 10.1 Å². The lowest BCUT2D eigenvalue weighted by Crippen LogP contribution is -2.47. The zero-order valence-electron chi connectivity index (χ0n) is 9.90. The Morgan fingerprint density at radius 2 is 1.88 bits per heavy atom. The summed E-state index contributed by atoms with van der Waals surface area (Å²) in [6.07, 6.45) is 7.10. The number of ether oxygens (including phenoxy) is 1. The number of oxime groups is 1. The van der Waals surface area contributed by atoms with Gasteiger partial charge in [0.15, 0.2) is 0 Å². The summed E-state index contributed by atoms with van der Waals surface area (Å²) in [5, 5.41) is 12.7. The second-order valence-corrected chi connectivity index (χ2v) is 4.71. The predicted octanol–water partition coefficient (Wildman–Crippen LogP) is 1.87. The predicted molar refractivity (Wildman–Crippen MR) is 63.1 cm³/mol. The van der Waals surface area contributed by atoms with E-state index in [1.54, 1.807) is 0 Å². The third-order valence-electron chi connectivity index (χ3n) is 3.66. The van der Waals surface area contributed by atoms with Crippen molar-refractivity contribution in [1.82, 2.24) is 4.90 Å². The van der Waals surface area contributed by atoms with Crippen LogP contribution in [0.25, 0.3) is 0 Å². The van der Waals surface area contributed by atoms with Crippen LogP contribution in [0.5, 0.6) is 0 Å². The lowest BCUT2D eigenvalue weighted by molar-refractivity contribution is 0.0260. The summed E-state index contributed by atoms with van der Waals surface area (Å²) in [4.78, 5) is 2.42. The molecule has 0 amide bonds. The minimum absolute atomic E-state index is 0.356. The van der Waals surface area contributed by atoms with Gasteiger partial charge in [-0.1, -0.05) is 24.4 Å². The lowest BCUT2D eigenvalue weighted by atomic mass is 9.93. The molecule has 2 fully saturated rings. The second-order valence-electron chi connectivity index (χ2n) is 4.71. The van der Waals surface area contributed by atoms with Gasteiger partial charge in [0.2, 0.25) is 0 Å². The highest BCUT2D eigenvalue weighted by molar-refractivity contribution is 5.89. The smallest absolute Gasteiger partial charge is 0.0742 e. The first-order chi connectivity index (χ1) is 7.92. The van der Waals surface area contributed by atoms with E-state index in [0.717, 1.165) is 44.9 Å². The van der Waals surface area contributed by atoms with Gasteiger partial charge in [0.1, 0.15) is 0 Å². The van der Waals surface area contributed by atoms with E-state index in [-0.39, 0.29) is 0 Å². The molecule has 2 aliphatic rings. The zero-order valence-corrected chi connectivity index (χ0v) is 9.90. The molecule has 2 rings (SSSR count). The molecule has 1 heterocycles. The van der Waals surface area contributed by atoms with Crippen LogP contribution in [-0.2, 0) is 4.74 Å². The quantitative estimate of drug-likeness (QED) is 0.548. The molecular formula is C12H22N2O2. The van der Waals surface area contributed by atoms with Crippen LogP contribution in [-0.4, -0.2) is 48.2 Å². The molecule has 1 N–H and O–H groups in total. The minimum Gasteiger partial charge on any atom is -0.411 e. The van der Waals surface area contributed by atoms with Crippen molar-refractivity contribution in [2.45, 2.75) is 44.6 Å². The summed E-state index contributed by atoms with van der Waals surface area (Å²) >= 11 is 0. The van der Waals surface area contributed by atoms with Gasteiger partial charge in [0.05, 0.1) is 25.0 Å². The Hall–Kier alpha value is -0.610. The summed E-state index contributed by atoms with van der Waals surface area (Å²) in [6, 6.07) is 0.356. The first-order valence-electron chi connectivity index (χ1n) is 6.44. The Labute approximate surface area is 97.3 Å². The standard InChI is InChI=1S/C12H22N2O2/c15-13-11-5-3-1-2-4-6-12(11)14-7-9-16-10-8-14/h12,15H,1-10H2/b13-11+/t12-/m1/s1. The van der Waals surface area contributed by atoms with Gasteiger partial charge in [-0.3, -0.25) is 4.90 Å². The highest BCUT2D eigenvalue weighted by atomic mass is 16.5. The van der Waals surface area contributed by atoms with Gasteiger partial charge >= 0.3 is 0 Å². The Morgan fingerprint density at radius 3 is 2.62 bits per heavy atom. The third-order valence-corrected chi connectivity index (χ3v) is 3.66. The molecule has 92 valence electrons. The molecular weight excluding hydrogens is 204 g/mol.